The minimum Gasteiger partial charge on any atom is -0.399 e. The van der Waals surface area contributed by atoms with Crippen LogP contribution >= 0.6 is 11.8 Å². The Balaban J connectivity index is 2.21. The number of carbonyl (C=O) groups is 1. The number of nitrogens with zero attached hydrogens (tertiary/aromatic N) is 1. The minimum atomic E-state index is 0.00712. The molecule has 0 spiro atoms. The Morgan fingerprint density at radius 1 is 1.37 bits per heavy atom. The summed E-state index contributed by atoms with van der Waals surface area (Å²) in [5.74, 6) is 2.36. The number of nitrogens with one attached hydrogen (secondary N) is 1. The van der Waals surface area contributed by atoms with E-state index >= 15 is 0 Å². The summed E-state index contributed by atoms with van der Waals surface area (Å²) in [6.45, 7) is 0. The largest absolute Gasteiger partial charge is 0.399 e. The molecule has 19 heavy (non-hydrogen) atoms. The molecule has 0 radical (unpaired) electrons. The molecule has 0 unspecified atom stereocenters. The number of hydrogen-bond acceptors (Lipinski definition) is 4. The first-order valence-corrected chi connectivity index (χ1v) is 7.69. The van der Waals surface area contributed by atoms with Crippen molar-refractivity contribution in [2.75, 3.05) is 36.7 Å². The van der Waals surface area contributed by atoms with E-state index in [9.17, 15) is 4.79 Å². The predicted octanol–water partition coefficient (Wildman–Crippen LogP) is 2.28. The van der Waals surface area contributed by atoms with Crippen LogP contribution in [0.5, 0.6) is 0 Å². The molecule has 0 bridgehead atoms. The molecule has 1 heterocycles. The van der Waals surface area contributed by atoms with Crippen LogP contribution in [-0.4, -0.2) is 42.4 Å². The Kier molecular flexibility index (Phi) is 4.58. The summed E-state index contributed by atoms with van der Waals surface area (Å²) in [5.41, 5.74) is 8.07. The number of carbonyl (C=O) groups excluding carboxylic acids is 1. The molecule has 1 aromatic rings. The molecule has 1 saturated heterocycles. The van der Waals surface area contributed by atoms with Gasteiger partial charge in [-0.2, -0.15) is 11.8 Å². The van der Waals surface area contributed by atoms with Crippen molar-refractivity contribution in [2.45, 2.75) is 18.9 Å². The van der Waals surface area contributed by atoms with E-state index in [0.29, 0.717) is 17.3 Å². The molecule has 1 amide bonds. The molecular formula is C14H21N3OS. The number of benzene rings is 1. The van der Waals surface area contributed by atoms with Gasteiger partial charge in [-0.3, -0.25) is 4.79 Å². The molecule has 2 rings (SSSR count). The molecule has 1 aliphatic rings. The lowest BCUT2D eigenvalue weighted by Crippen LogP contribution is -2.28. The zero-order valence-corrected chi connectivity index (χ0v) is 12.3. The number of amides is 1. The van der Waals surface area contributed by atoms with E-state index in [1.165, 1.54) is 11.5 Å². The summed E-state index contributed by atoms with van der Waals surface area (Å²) in [5, 5.41) is 3.49. The zero-order chi connectivity index (χ0) is 13.8. The van der Waals surface area contributed by atoms with Crippen LogP contribution in [0.2, 0.25) is 0 Å². The quantitative estimate of drug-likeness (QED) is 0.833. The molecule has 104 valence electrons. The molecule has 4 nitrogen and oxygen atoms in total. The lowest BCUT2D eigenvalue weighted by Gasteiger charge is -2.25. The molecule has 1 fully saturated rings. The van der Waals surface area contributed by atoms with E-state index in [1.807, 2.05) is 17.8 Å². The second-order valence-electron chi connectivity index (χ2n) is 5.04. The predicted molar refractivity (Wildman–Crippen MR) is 82.8 cm³/mol. The Bertz CT molecular complexity index is 456. The first kappa shape index (κ1) is 14.1. The van der Waals surface area contributed by atoms with Gasteiger partial charge in [0.25, 0.3) is 5.91 Å². The fraction of sp³-hybridized carbons (Fsp3) is 0.500. The zero-order valence-electron chi connectivity index (χ0n) is 11.5. The summed E-state index contributed by atoms with van der Waals surface area (Å²) >= 11 is 1.99. The summed E-state index contributed by atoms with van der Waals surface area (Å²) in [4.78, 5) is 13.7. The first-order valence-electron chi connectivity index (χ1n) is 6.53. The highest BCUT2D eigenvalue weighted by Gasteiger charge is 2.18. The maximum Gasteiger partial charge on any atom is 0.255 e. The van der Waals surface area contributed by atoms with Gasteiger partial charge < -0.3 is 16.0 Å². The smallest absolute Gasteiger partial charge is 0.255 e. The van der Waals surface area contributed by atoms with Crippen molar-refractivity contribution in [1.29, 1.82) is 0 Å². The maximum atomic E-state index is 12.2. The average molecular weight is 279 g/mol. The molecule has 0 saturated carbocycles. The van der Waals surface area contributed by atoms with Gasteiger partial charge in [-0.1, -0.05) is 0 Å². The SMILES string of the molecule is CN(C)C(=O)c1ccc(N)cc1NC1CCSCC1. The maximum absolute atomic E-state index is 12.2. The van der Waals surface area contributed by atoms with Crippen LogP contribution in [0.4, 0.5) is 11.4 Å². The molecule has 1 aromatic carbocycles. The Hall–Kier alpha value is -1.36. The van der Waals surface area contributed by atoms with Crippen molar-refractivity contribution in [3.8, 4) is 0 Å². The normalized spacial score (nSPS) is 16.1. The molecule has 5 heteroatoms. The van der Waals surface area contributed by atoms with E-state index in [2.05, 4.69) is 5.32 Å². The van der Waals surface area contributed by atoms with Gasteiger partial charge in [0.05, 0.1) is 5.56 Å². The highest BCUT2D eigenvalue weighted by atomic mass is 32.2. The van der Waals surface area contributed by atoms with Crippen LogP contribution in [0.3, 0.4) is 0 Å². The van der Waals surface area contributed by atoms with Gasteiger partial charge >= 0.3 is 0 Å². The monoisotopic (exact) mass is 279 g/mol. The third-order valence-corrected chi connectivity index (χ3v) is 4.31. The van der Waals surface area contributed by atoms with Gasteiger partial charge in [0.1, 0.15) is 0 Å². The number of thioether (sulfide) groups is 1. The summed E-state index contributed by atoms with van der Waals surface area (Å²) in [6, 6.07) is 5.88. The lowest BCUT2D eigenvalue weighted by atomic mass is 10.1. The summed E-state index contributed by atoms with van der Waals surface area (Å²) < 4.78 is 0. The van der Waals surface area contributed by atoms with Gasteiger partial charge in [0, 0.05) is 31.5 Å². The van der Waals surface area contributed by atoms with Crippen LogP contribution in [-0.2, 0) is 0 Å². The minimum absolute atomic E-state index is 0.00712. The topological polar surface area (TPSA) is 58.4 Å². The lowest BCUT2D eigenvalue weighted by molar-refractivity contribution is 0.0828. The van der Waals surface area contributed by atoms with Gasteiger partial charge in [0.2, 0.25) is 0 Å². The van der Waals surface area contributed by atoms with Crippen molar-refractivity contribution in [3.05, 3.63) is 23.8 Å². The highest BCUT2D eigenvalue weighted by molar-refractivity contribution is 7.99. The first-order chi connectivity index (χ1) is 9.08. The van der Waals surface area contributed by atoms with E-state index < -0.39 is 0 Å². The molecule has 3 N–H and O–H groups in total. The molecule has 0 aliphatic carbocycles. The van der Waals surface area contributed by atoms with Crippen LogP contribution in [0.1, 0.15) is 23.2 Å². The Morgan fingerprint density at radius 2 is 2.05 bits per heavy atom. The van der Waals surface area contributed by atoms with Crippen LogP contribution in [0.25, 0.3) is 0 Å². The number of anilines is 2. The highest BCUT2D eigenvalue weighted by Crippen LogP contribution is 2.25. The number of hydrogen-bond donors (Lipinski definition) is 2. The van der Waals surface area contributed by atoms with Gasteiger partial charge in [-0.15, -0.1) is 0 Å². The van der Waals surface area contributed by atoms with E-state index in [0.717, 1.165) is 18.5 Å². The Morgan fingerprint density at radius 3 is 2.68 bits per heavy atom. The second-order valence-corrected chi connectivity index (χ2v) is 6.26. The van der Waals surface area contributed by atoms with Crippen LogP contribution in [0.15, 0.2) is 18.2 Å². The Labute approximate surface area is 118 Å². The van der Waals surface area contributed by atoms with Crippen molar-refractivity contribution in [3.63, 3.8) is 0 Å². The van der Waals surface area contributed by atoms with Crippen molar-refractivity contribution in [2.24, 2.45) is 0 Å². The molecular weight excluding hydrogens is 258 g/mol. The van der Waals surface area contributed by atoms with E-state index in [4.69, 9.17) is 5.73 Å². The molecule has 0 aromatic heterocycles. The number of nitrogens with two attached hydrogens (primary N) is 1. The standard InChI is InChI=1S/C14H21N3OS/c1-17(2)14(18)12-4-3-10(15)9-13(12)16-11-5-7-19-8-6-11/h3-4,9,11,16H,5-8,15H2,1-2H3. The van der Waals surface area contributed by atoms with Crippen LogP contribution in [0, 0.1) is 0 Å². The average Bonchev–Trinajstić information content (AvgIpc) is 2.39. The summed E-state index contributed by atoms with van der Waals surface area (Å²) in [6.07, 6.45) is 2.27. The summed E-state index contributed by atoms with van der Waals surface area (Å²) in [7, 11) is 3.53. The molecule has 1 aliphatic heterocycles. The van der Waals surface area contributed by atoms with Crippen molar-refractivity contribution in [1.82, 2.24) is 4.90 Å². The van der Waals surface area contributed by atoms with Crippen molar-refractivity contribution >= 4 is 29.0 Å². The molecule has 0 atom stereocenters. The second kappa shape index (κ2) is 6.19. The fourth-order valence-electron chi connectivity index (χ4n) is 2.17. The van der Waals surface area contributed by atoms with Gasteiger partial charge in [0.15, 0.2) is 0 Å². The van der Waals surface area contributed by atoms with Gasteiger partial charge in [-0.05, 0) is 42.5 Å². The van der Waals surface area contributed by atoms with Crippen molar-refractivity contribution < 1.29 is 4.79 Å². The fourth-order valence-corrected chi connectivity index (χ4v) is 3.28. The van der Waals surface area contributed by atoms with E-state index in [1.54, 1.807) is 31.1 Å². The third-order valence-electron chi connectivity index (χ3n) is 3.26. The van der Waals surface area contributed by atoms with Crippen LogP contribution < -0.4 is 11.1 Å². The number of rotatable bonds is 3. The van der Waals surface area contributed by atoms with E-state index in [-0.39, 0.29) is 5.91 Å². The number of nitrogen functional groups attached to an aromatic ring is 1. The van der Waals surface area contributed by atoms with Gasteiger partial charge in [-0.25, -0.2) is 0 Å². The third kappa shape index (κ3) is 3.56.